The van der Waals surface area contributed by atoms with Gasteiger partial charge < -0.3 is 36.9 Å². The van der Waals surface area contributed by atoms with Gasteiger partial charge in [-0.1, -0.05) is 25.4 Å². The minimum atomic E-state index is -0.602. The van der Waals surface area contributed by atoms with Crippen molar-refractivity contribution in [2.45, 2.75) is 103 Å². The topological polar surface area (TPSA) is 279 Å². The van der Waals surface area contributed by atoms with Gasteiger partial charge in [-0.3, -0.25) is 25.0 Å². The maximum Gasteiger partial charge on any atom is 1.00 e. The Morgan fingerprint density at radius 1 is 0.689 bits per heavy atom. The van der Waals surface area contributed by atoms with E-state index in [-0.39, 0.29) is 71.9 Å². The van der Waals surface area contributed by atoms with Crippen molar-refractivity contribution < 1.29 is 53.9 Å². The van der Waals surface area contributed by atoms with Crippen LogP contribution in [-0.4, -0.2) is 116 Å². The molecule has 0 aliphatic rings. The van der Waals surface area contributed by atoms with Crippen LogP contribution in [0.1, 0.15) is 108 Å². The third-order valence-electron chi connectivity index (χ3n) is 8.81. The second-order valence-corrected chi connectivity index (χ2v) is 19.8. The van der Waals surface area contributed by atoms with E-state index >= 15 is 0 Å². The molecular weight excluding hydrogens is 1060 g/mol. The van der Waals surface area contributed by atoms with Crippen LogP contribution < -0.4 is 49.6 Å². The van der Waals surface area contributed by atoms with Gasteiger partial charge in [0.15, 0.2) is 17.4 Å². The molecule has 0 saturated carbocycles. The first-order chi connectivity index (χ1) is 34.0. The molecule has 0 aliphatic carbocycles. The second-order valence-electron chi connectivity index (χ2n) is 14.4. The number of carbonyl (C=O) groups excluding carboxylic acids is 2. The number of carbonyl (C=O) groups is 2. The van der Waals surface area contributed by atoms with Gasteiger partial charge in [0.25, 0.3) is 5.91 Å². The summed E-state index contributed by atoms with van der Waals surface area (Å²) >= 11 is 11.7. The third kappa shape index (κ3) is 24.8. The number of nitrogens with two attached hydrogens (primary N) is 1. The van der Waals surface area contributed by atoms with Gasteiger partial charge in [-0.15, -0.1) is 45.3 Å². The quantitative estimate of drug-likeness (QED) is 0.0351. The summed E-state index contributed by atoms with van der Waals surface area (Å²) in [5.41, 5.74) is 8.30. The average molecular weight is 1130 g/mol. The Labute approximate surface area is 479 Å². The van der Waals surface area contributed by atoms with E-state index in [1.165, 1.54) is 71.7 Å². The number of nitrogens with zero attached hydrogens (tertiary/aromatic N) is 9. The number of hydrogen-bond donors (Lipinski definition) is 3. The molecule has 6 aromatic rings. The molecule has 0 aliphatic heterocycles. The number of hydrogen-bond acceptors (Lipinski definition) is 22. The van der Waals surface area contributed by atoms with Crippen LogP contribution in [0, 0.1) is 75.6 Å². The molecule has 0 aromatic carbocycles. The van der Waals surface area contributed by atoms with E-state index in [4.69, 9.17) is 31.5 Å². The van der Waals surface area contributed by atoms with E-state index in [0.29, 0.717) is 42.8 Å². The monoisotopic (exact) mass is 1130 g/mol. The van der Waals surface area contributed by atoms with Crippen LogP contribution in [-0.2, 0) is 17.8 Å². The van der Waals surface area contributed by atoms with Gasteiger partial charge in [-0.05, 0) is 89.3 Å². The molecule has 404 valence electrons. The molecule has 0 bridgehead atoms. The molecule has 4 N–H and O–H groups in total. The zero-order valence-electron chi connectivity index (χ0n) is 45.5. The number of methoxy groups -OCH3 is 2. The molecule has 6 aromatic heterocycles. The van der Waals surface area contributed by atoms with E-state index in [1.54, 1.807) is 29.6 Å². The molecule has 0 spiro atoms. The normalized spacial score (nSPS) is 9.69. The smallest absolute Gasteiger partial charge is 1.00 e. The standard InChI is InChI=1S/C14H18N4O3S.C8H12N2OS.C8H14N2S.C8H11NO2S.C6H5ClN2O3.C2H7N.Al.Li.4H/c1-5-17(8-12-9(2)15-10(3)22-12)14-11(18(19)20)6-7-13(16-14)21-4;1-4-9-8(11)7-5(2)10-6(3)12-7;1-4-9-5-8-6(2)10-7(3)11-8;1-4-11-8(10)7-5(2)9-6(3)12-7;1-12-5-3-2-4(9(10)11)6(7)8-5;1-2-3;;;;;;/h6-7H,5,8H2,1-4H3;4H2,1-3H3,(H,9,11);9H,4-5H2,1-3H3;4H2,1-3H3;2-3H,1H3;2-3H2,1H3;;;;;;/q;;;;;;;+1;;;;-1. The number of aromatic nitrogens is 6. The van der Waals surface area contributed by atoms with Crippen molar-refractivity contribution in [1.82, 2.24) is 40.5 Å². The Kier molecular flexibility index (Phi) is 36.6. The molecule has 6 heterocycles. The van der Waals surface area contributed by atoms with Gasteiger partial charge in [-0.25, -0.2) is 24.7 Å². The molecule has 74 heavy (non-hydrogen) atoms. The molecule has 0 radical (unpaired) electrons. The largest absolute Gasteiger partial charge is 1.00 e. The first-order valence-corrected chi connectivity index (χ1v) is 26.1. The molecule has 0 fully saturated rings. The summed E-state index contributed by atoms with van der Waals surface area (Å²) in [7, 11) is 2.90. The fraction of sp³-hybridized carbons (Fsp3) is 0.478. The molecule has 28 heteroatoms. The molecule has 0 saturated heterocycles. The van der Waals surface area contributed by atoms with Crippen molar-refractivity contribution >= 4 is 103 Å². The summed E-state index contributed by atoms with van der Waals surface area (Å²) < 4.78 is 14.7. The zero-order valence-corrected chi connectivity index (χ0v) is 48.6. The van der Waals surface area contributed by atoms with Crippen molar-refractivity contribution in [2.75, 3.05) is 51.9 Å². The summed E-state index contributed by atoms with van der Waals surface area (Å²) in [4.78, 5) is 73.6. The number of halogens is 1. The van der Waals surface area contributed by atoms with Crippen LogP contribution in [0.5, 0.6) is 11.8 Å². The summed E-state index contributed by atoms with van der Waals surface area (Å²) in [6.45, 7) is 30.1. The molecule has 0 unspecified atom stereocenters. The van der Waals surface area contributed by atoms with Crippen LogP contribution in [0.3, 0.4) is 0 Å². The number of pyridine rings is 2. The first-order valence-electron chi connectivity index (χ1n) is 22.4. The number of aryl methyl sites for hydroxylation is 8. The molecule has 0 atom stereocenters. The van der Waals surface area contributed by atoms with Crippen LogP contribution in [0.15, 0.2) is 24.3 Å². The Bertz CT molecular complexity index is 2600. The van der Waals surface area contributed by atoms with Crippen molar-refractivity contribution in [3.05, 3.63) is 112 Å². The van der Waals surface area contributed by atoms with Gasteiger partial charge >= 0.3 is 36.2 Å². The minimum absolute atomic E-state index is 0. The number of thiazole rings is 4. The predicted molar refractivity (Wildman–Crippen MR) is 300 cm³/mol. The predicted octanol–water partition coefficient (Wildman–Crippen LogP) is 5.96. The third-order valence-corrected chi connectivity index (χ3v) is 13.3. The fourth-order valence-electron chi connectivity index (χ4n) is 5.68. The van der Waals surface area contributed by atoms with Gasteiger partial charge in [0.1, 0.15) is 9.75 Å². The number of anilines is 1. The number of nitrogens with one attached hydrogen (secondary N) is 2. The van der Waals surface area contributed by atoms with Crippen molar-refractivity contribution in [3.63, 3.8) is 0 Å². The van der Waals surface area contributed by atoms with Crippen LogP contribution in [0.2, 0.25) is 5.15 Å². The molecule has 21 nitrogen and oxygen atoms in total. The Morgan fingerprint density at radius 2 is 1.14 bits per heavy atom. The van der Waals surface area contributed by atoms with Crippen LogP contribution in [0.4, 0.5) is 17.2 Å². The van der Waals surface area contributed by atoms with Gasteiger partial charge in [-0.2, -0.15) is 9.97 Å². The number of rotatable bonds is 15. The minimum Gasteiger partial charge on any atom is -1.00 e. The average Bonchev–Trinajstić information content (AvgIpc) is 4.06. The maximum atomic E-state index is 11.3. The van der Waals surface area contributed by atoms with E-state index in [2.05, 4.69) is 54.4 Å². The summed E-state index contributed by atoms with van der Waals surface area (Å²) in [6, 6.07) is 5.55. The van der Waals surface area contributed by atoms with E-state index in [9.17, 15) is 29.8 Å². The molecule has 1 amide bonds. The Hall–Kier alpha value is -4.70. The van der Waals surface area contributed by atoms with Gasteiger partial charge in [0.05, 0.1) is 80.0 Å². The second kappa shape index (κ2) is 37.9. The van der Waals surface area contributed by atoms with Crippen LogP contribution in [0.25, 0.3) is 0 Å². The van der Waals surface area contributed by atoms with Crippen LogP contribution >= 0.6 is 56.9 Å². The summed E-state index contributed by atoms with van der Waals surface area (Å²) in [5.74, 6) is 0.653. The van der Waals surface area contributed by atoms with Crippen molar-refractivity contribution in [1.29, 1.82) is 0 Å². The van der Waals surface area contributed by atoms with Gasteiger partial charge in [0.2, 0.25) is 22.7 Å². The summed E-state index contributed by atoms with van der Waals surface area (Å²) in [5, 5.41) is 31.4. The number of ether oxygens (including phenoxy) is 3. The SMILES string of the molecule is CCN.CCN(Cc1sc(C)nc1C)c1nc(OC)ccc1[N+](=O)[O-].CCNC(=O)c1sc(C)nc1C.CCNCc1sc(C)nc1C.CCOC(=O)c1sc(C)nc1C.COc1ccc([N+](=O)[O-])c(Cl)n1.[AlH3].[H-].[Li+]. The number of esters is 1. The number of nitro groups is 2. The van der Waals surface area contributed by atoms with Gasteiger partial charge in [0, 0.05) is 53.7 Å². The van der Waals surface area contributed by atoms with Crippen molar-refractivity contribution in [3.8, 4) is 11.8 Å². The van der Waals surface area contributed by atoms with E-state index in [0.717, 1.165) is 66.5 Å². The molecule has 6 rings (SSSR count). The summed E-state index contributed by atoms with van der Waals surface area (Å²) in [6.07, 6.45) is 0. The molecular formula is C46H71AlClLiN12O9S4. The Morgan fingerprint density at radius 3 is 1.51 bits per heavy atom. The fourth-order valence-corrected chi connectivity index (χ4v) is 9.40. The first kappa shape index (κ1) is 71.4. The van der Waals surface area contributed by atoms with E-state index < -0.39 is 9.85 Å². The van der Waals surface area contributed by atoms with Crippen molar-refractivity contribution in [2.24, 2.45) is 5.73 Å². The Balaban J connectivity index is -0.000000868. The number of amides is 1. The maximum absolute atomic E-state index is 11.3. The zero-order chi connectivity index (χ0) is 54.7. The van der Waals surface area contributed by atoms with E-state index in [1.807, 2.05) is 74.1 Å².